The van der Waals surface area contributed by atoms with Crippen molar-refractivity contribution in [1.29, 1.82) is 5.26 Å². The summed E-state index contributed by atoms with van der Waals surface area (Å²) >= 11 is 3.43. The molecule has 0 aliphatic heterocycles. The minimum Gasteiger partial charge on any atom is -0.207 e. The van der Waals surface area contributed by atoms with Crippen molar-refractivity contribution < 1.29 is 12.8 Å². The van der Waals surface area contributed by atoms with Gasteiger partial charge in [0.2, 0.25) is 10.0 Å². The Balaban J connectivity index is 2.27. The molecule has 1 fully saturated rings. The summed E-state index contributed by atoms with van der Waals surface area (Å²) in [5.41, 5.74) is -0.273. The molecule has 0 aromatic heterocycles. The number of halogens is 2. The monoisotopic (exact) mass is 346 g/mol. The third-order valence-corrected chi connectivity index (χ3v) is 5.69. The van der Waals surface area contributed by atoms with E-state index in [0.29, 0.717) is 0 Å². The highest BCUT2D eigenvalue weighted by Gasteiger charge is 2.29. The van der Waals surface area contributed by atoms with Crippen molar-refractivity contribution in [3.8, 4) is 6.07 Å². The number of hydrogen-bond acceptors (Lipinski definition) is 3. The van der Waals surface area contributed by atoms with Gasteiger partial charge in [-0.05, 0) is 31.0 Å². The lowest BCUT2D eigenvalue weighted by atomic mass is 10.2. The number of nitriles is 1. The van der Waals surface area contributed by atoms with Crippen LogP contribution in [0.1, 0.15) is 24.8 Å². The fourth-order valence-electron chi connectivity index (χ4n) is 2.07. The summed E-state index contributed by atoms with van der Waals surface area (Å²) in [6.07, 6.45) is 2.64. The summed E-state index contributed by atoms with van der Waals surface area (Å²) in [5.74, 6) is -0.722. The number of alkyl halides is 1. The number of sulfonamides is 1. The lowest BCUT2D eigenvalue weighted by Gasteiger charge is -2.16. The first-order valence-electron chi connectivity index (χ1n) is 5.80. The Morgan fingerprint density at radius 1 is 1.42 bits per heavy atom. The predicted molar refractivity (Wildman–Crippen MR) is 71.8 cm³/mol. The van der Waals surface area contributed by atoms with E-state index in [1.807, 2.05) is 0 Å². The van der Waals surface area contributed by atoms with Crippen molar-refractivity contribution in [3.63, 3.8) is 0 Å². The average molecular weight is 347 g/mol. The van der Waals surface area contributed by atoms with Crippen LogP contribution in [0.25, 0.3) is 0 Å². The van der Waals surface area contributed by atoms with Crippen LogP contribution >= 0.6 is 15.9 Å². The minimum atomic E-state index is -3.72. The van der Waals surface area contributed by atoms with Crippen LogP contribution in [0.3, 0.4) is 0 Å². The Morgan fingerprint density at radius 2 is 2.16 bits per heavy atom. The molecule has 2 unspecified atom stereocenters. The van der Waals surface area contributed by atoms with Gasteiger partial charge < -0.3 is 0 Å². The number of nitrogens with zero attached hydrogens (tertiary/aromatic N) is 1. The van der Waals surface area contributed by atoms with E-state index in [9.17, 15) is 12.8 Å². The Labute approximate surface area is 119 Å². The Kier molecular flexibility index (Phi) is 4.23. The topological polar surface area (TPSA) is 70.0 Å². The van der Waals surface area contributed by atoms with Crippen LogP contribution in [0, 0.1) is 17.1 Å². The van der Waals surface area contributed by atoms with Gasteiger partial charge in [-0.1, -0.05) is 22.4 Å². The maximum Gasteiger partial charge on any atom is 0.240 e. The fourth-order valence-corrected chi connectivity index (χ4v) is 4.30. The van der Waals surface area contributed by atoms with Gasteiger partial charge in [-0.25, -0.2) is 17.5 Å². The largest absolute Gasteiger partial charge is 0.240 e. The molecule has 0 radical (unpaired) electrons. The average Bonchev–Trinajstić information content (AvgIpc) is 2.74. The Morgan fingerprint density at radius 3 is 2.74 bits per heavy atom. The Bertz CT molecular complexity index is 627. The molecule has 4 nitrogen and oxygen atoms in total. The summed E-state index contributed by atoms with van der Waals surface area (Å²) < 4.78 is 40.1. The van der Waals surface area contributed by atoms with Crippen molar-refractivity contribution in [2.75, 3.05) is 0 Å². The second-order valence-corrected chi connectivity index (χ2v) is 7.32. The summed E-state index contributed by atoms with van der Waals surface area (Å²) in [6.45, 7) is 0. The summed E-state index contributed by atoms with van der Waals surface area (Å²) in [7, 11) is -3.72. The summed E-state index contributed by atoms with van der Waals surface area (Å²) in [6, 6.07) is 4.68. The third kappa shape index (κ3) is 3.14. The molecule has 0 saturated heterocycles. The highest BCUT2D eigenvalue weighted by molar-refractivity contribution is 9.09. The van der Waals surface area contributed by atoms with Gasteiger partial charge in [0.25, 0.3) is 0 Å². The normalized spacial score (nSPS) is 23.2. The molecule has 1 aromatic rings. The van der Waals surface area contributed by atoms with Gasteiger partial charge in [0.15, 0.2) is 0 Å². The van der Waals surface area contributed by atoms with Crippen LogP contribution in [0.4, 0.5) is 4.39 Å². The van der Waals surface area contributed by atoms with Gasteiger partial charge in [-0.3, -0.25) is 0 Å². The van der Waals surface area contributed by atoms with Crippen molar-refractivity contribution in [2.24, 2.45) is 0 Å². The van der Waals surface area contributed by atoms with Crippen LogP contribution in [0.5, 0.6) is 0 Å². The number of nitrogens with one attached hydrogen (secondary N) is 1. The summed E-state index contributed by atoms with van der Waals surface area (Å²) in [5, 5.41) is 8.72. The molecule has 2 atom stereocenters. The van der Waals surface area contributed by atoms with Gasteiger partial charge in [0, 0.05) is 10.9 Å². The first-order chi connectivity index (χ1) is 8.94. The lowest BCUT2D eigenvalue weighted by Crippen LogP contribution is -2.37. The van der Waals surface area contributed by atoms with Gasteiger partial charge in [0.05, 0.1) is 10.5 Å². The molecule has 1 aliphatic carbocycles. The third-order valence-electron chi connectivity index (χ3n) is 3.11. The molecule has 2 rings (SSSR count). The minimum absolute atomic E-state index is 0.0861. The molecule has 0 bridgehead atoms. The zero-order valence-corrected chi connectivity index (χ0v) is 12.3. The molecule has 0 heterocycles. The number of benzene rings is 1. The molecule has 1 aromatic carbocycles. The standard InChI is InChI=1S/C12H12BrFN2O2S/c13-10-2-1-3-12(10)16-19(17,18)9-4-5-11(14)8(6-9)7-15/h4-6,10,12,16H,1-3H2. The highest BCUT2D eigenvalue weighted by atomic mass is 79.9. The van der Waals surface area contributed by atoms with Crippen molar-refractivity contribution >= 4 is 26.0 Å². The van der Waals surface area contributed by atoms with Gasteiger partial charge >= 0.3 is 0 Å². The maximum absolute atomic E-state index is 13.2. The zero-order chi connectivity index (χ0) is 14.0. The molecule has 1 aliphatic rings. The van der Waals surface area contributed by atoms with Crippen LogP contribution in [-0.2, 0) is 10.0 Å². The van der Waals surface area contributed by atoms with Gasteiger partial charge in [0.1, 0.15) is 11.9 Å². The predicted octanol–water partition coefficient (Wildman–Crippen LogP) is 2.29. The number of rotatable bonds is 3. The van der Waals surface area contributed by atoms with E-state index >= 15 is 0 Å². The fraction of sp³-hybridized carbons (Fsp3) is 0.417. The number of hydrogen-bond donors (Lipinski definition) is 1. The molecule has 1 N–H and O–H groups in total. The molecular weight excluding hydrogens is 335 g/mol. The quantitative estimate of drug-likeness (QED) is 0.853. The lowest BCUT2D eigenvalue weighted by molar-refractivity contribution is 0.555. The smallest absolute Gasteiger partial charge is 0.207 e. The molecule has 7 heteroatoms. The first kappa shape index (κ1) is 14.4. The van der Waals surface area contributed by atoms with Crippen molar-refractivity contribution in [1.82, 2.24) is 4.72 Å². The van der Waals surface area contributed by atoms with E-state index in [0.717, 1.165) is 37.5 Å². The van der Waals surface area contributed by atoms with E-state index in [1.165, 1.54) is 0 Å². The van der Waals surface area contributed by atoms with E-state index in [-0.39, 0.29) is 21.3 Å². The first-order valence-corrected chi connectivity index (χ1v) is 8.20. The molecule has 0 spiro atoms. The second kappa shape index (κ2) is 5.57. The van der Waals surface area contributed by atoms with Gasteiger partial charge in [-0.2, -0.15) is 5.26 Å². The van der Waals surface area contributed by atoms with Crippen LogP contribution in [0.2, 0.25) is 0 Å². The van der Waals surface area contributed by atoms with Gasteiger partial charge in [-0.15, -0.1) is 0 Å². The summed E-state index contributed by atoms with van der Waals surface area (Å²) in [4.78, 5) is 0.0233. The van der Waals surface area contributed by atoms with Crippen molar-refractivity contribution in [3.05, 3.63) is 29.6 Å². The van der Waals surface area contributed by atoms with E-state index < -0.39 is 15.8 Å². The van der Waals surface area contributed by atoms with Crippen LogP contribution in [0.15, 0.2) is 23.1 Å². The van der Waals surface area contributed by atoms with Crippen LogP contribution in [-0.4, -0.2) is 19.3 Å². The van der Waals surface area contributed by atoms with E-state index in [4.69, 9.17) is 5.26 Å². The molecule has 0 amide bonds. The zero-order valence-electron chi connectivity index (χ0n) is 9.94. The van der Waals surface area contributed by atoms with Crippen LogP contribution < -0.4 is 4.72 Å². The Hall–Kier alpha value is -0.970. The van der Waals surface area contributed by atoms with E-state index in [1.54, 1.807) is 6.07 Å². The van der Waals surface area contributed by atoms with Crippen molar-refractivity contribution in [2.45, 2.75) is 35.0 Å². The maximum atomic E-state index is 13.2. The SMILES string of the molecule is N#Cc1cc(S(=O)(=O)NC2CCCC2Br)ccc1F. The molecular formula is C12H12BrFN2O2S. The highest BCUT2D eigenvalue weighted by Crippen LogP contribution is 2.27. The molecule has 1 saturated carbocycles. The molecule has 19 heavy (non-hydrogen) atoms. The second-order valence-electron chi connectivity index (χ2n) is 4.43. The van der Waals surface area contributed by atoms with E-state index in [2.05, 4.69) is 20.7 Å². The molecule has 102 valence electrons.